The van der Waals surface area contributed by atoms with E-state index in [1.807, 2.05) is 6.92 Å². The number of hydrogen-bond acceptors (Lipinski definition) is 4. The lowest BCUT2D eigenvalue weighted by Crippen LogP contribution is -2.35. The topological polar surface area (TPSA) is 95.0 Å². The van der Waals surface area contributed by atoms with Crippen LogP contribution in [0.2, 0.25) is 0 Å². The van der Waals surface area contributed by atoms with Crippen LogP contribution in [-0.4, -0.2) is 61.8 Å². The van der Waals surface area contributed by atoms with Crippen LogP contribution in [-0.2, 0) is 14.8 Å². The molecule has 0 bridgehead atoms. The largest absolute Gasteiger partial charge is 0.481 e. The summed E-state index contributed by atoms with van der Waals surface area (Å²) in [4.78, 5) is 25.0. The van der Waals surface area contributed by atoms with E-state index in [2.05, 4.69) is 0 Å². The van der Waals surface area contributed by atoms with Crippen LogP contribution in [0, 0.1) is 5.92 Å². The zero-order valence-corrected chi connectivity index (χ0v) is 15.9. The zero-order valence-electron chi connectivity index (χ0n) is 15.1. The number of carbonyl (C=O) groups excluding carboxylic acids is 1. The molecule has 0 fully saturated rings. The Morgan fingerprint density at radius 1 is 1.20 bits per heavy atom. The number of unbranched alkanes of at least 4 members (excludes halogenated alkanes) is 1. The van der Waals surface area contributed by atoms with Gasteiger partial charge in [0, 0.05) is 27.2 Å². The van der Waals surface area contributed by atoms with E-state index in [1.165, 1.54) is 31.0 Å². The predicted octanol–water partition coefficient (Wildman–Crippen LogP) is 1.90. The fraction of sp³-hybridized carbons (Fsp3) is 0.529. The van der Waals surface area contributed by atoms with Crippen molar-refractivity contribution in [3.8, 4) is 0 Å². The third-order valence-electron chi connectivity index (χ3n) is 3.95. The normalized spacial score (nSPS) is 12.8. The number of carboxylic acids is 1. The SMILES string of the molecule is CCCCN(C)C(=O)c1ccccc1S(=O)(=O)N(C)CC(C)C(=O)O. The molecule has 8 heteroatoms. The van der Waals surface area contributed by atoms with Gasteiger partial charge in [0.25, 0.3) is 5.91 Å². The number of aliphatic carboxylic acids is 1. The fourth-order valence-corrected chi connectivity index (χ4v) is 3.74. The van der Waals surface area contributed by atoms with Crippen LogP contribution in [0.5, 0.6) is 0 Å². The maximum absolute atomic E-state index is 12.8. The second-order valence-electron chi connectivity index (χ2n) is 6.10. The van der Waals surface area contributed by atoms with Crippen LogP contribution < -0.4 is 0 Å². The van der Waals surface area contributed by atoms with Crippen molar-refractivity contribution in [2.24, 2.45) is 5.92 Å². The monoisotopic (exact) mass is 370 g/mol. The minimum Gasteiger partial charge on any atom is -0.481 e. The predicted molar refractivity (Wildman–Crippen MR) is 94.9 cm³/mol. The molecular weight excluding hydrogens is 344 g/mol. The van der Waals surface area contributed by atoms with Gasteiger partial charge in [-0.2, -0.15) is 0 Å². The number of carboxylic acid groups (broad SMARTS) is 1. The number of nitrogens with zero attached hydrogens (tertiary/aromatic N) is 2. The molecule has 0 aromatic heterocycles. The molecule has 0 aliphatic carbocycles. The van der Waals surface area contributed by atoms with Gasteiger partial charge in [0.05, 0.1) is 16.4 Å². The van der Waals surface area contributed by atoms with Gasteiger partial charge < -0.3 is 10.0 Å². The Balaban J connectivity index is 3.16. The van der Waals surface area contributed by atoms with Crippen molar-refractivity contribution in [3.05, 3.63) is 29.8 Å². The quantitative estimate of drug-likeness (QED) is 0.716. The first kappa shape index (κ1) is 21.1. The van der Waals surface area contributed by atoms with Crippen molar-refractivity contribution in [3.63, 3.8) is 0 Å². The Labute approximate surface area is 149 Å². The van der Waals surface area contributed by atoms with Gasteiger partial charge in [0.2, 0.25) is 10.0 Å². The van der Waals surface area contributed by atoms with E-state index in [-0.39, 0.29) is 22.9 Å². The molecule has 7 nitrogen and oxygen atoms in total. The van der Waals surface area contributed by atoms with Crippen LogP contribution in [0.15, 0.2) is 29.2 Å². The summed E-state index contributed by atoms with van der Waals surface area (Å²) in [6.45, 7) is 3.81. The van der Waals surface area contributed by atoms with Crippen molar-refractivity contribution < 1.29 is 23.1 Å². The summed E-state index contributed by atoms with van der Waals surface area (Å²) in [6, 6.07) is 6.01. The van der Waals surface area contributed by atoms with E-state index in [1.54, 1.807) is 19.2 Å². The molecule has 1 atom stereocenters. The number of rotatable bonds is 9. The molecule has 0 spiro atoms. The van der Waals surface area contributed by atoms with Gasteiger partial charge in [-0.05, 0) is 18.6 Å². The summed E-state index contributed by atoms with van der Waals surface area (Å²) in [5.74, 6) is -2.30. The molecule has 25 heavy (non-hydrogen) atoms. The van der Waals surface area contributed by atoms with Crippen LogP contribution in [0.1, 0.15) is 37.0 Å². The Morgan fingerprint density at radius 3 is 2.36 bits per heavy atom. The molecule has 140 valence electrons. The van der Waals surface area contributed by atoms with Crippen molar-refractivity contribution in [2.45, 2.75) is 31.6 Å². The maximum Gasteiger partial charge on any atom is 0.307 e. The maximum atomic E-state index is 12.8. The Bertz CT molecular complexity index is 718. The lowest BCUT2D eigenvalue weighted by atomic mass is 10.2. The highest BCUT2D eigenvalue weighted by molar-refractivity contribution is 7.89. The molecule has 1 N–H and O–H groups in total. The fourth-order valence-electron chi connectivity index (χ4n) is 2.30. The molecule has 0 heterocycles. The van der Waals surface area contributed by atoms with Gasteiger partial charge in [-0.3, -0.25) is 9.59 Å². The van der Waals surface area contributed by atoms with E-state index >= 15 is 0 Å². The summed E-state index contributed by atoms with van der Waals surface area (Å²) < 4.78 is 26.6. The number of carbonyl (C=O) groups is 2. The summed E-state index contributed by atoms with van der Waals surface area (Å²) in [5, 5.41) is 8.98. The number of benzene rings is 1. The summed E-state index contributed by atoms with van der Waals surface area (Å²) in [6.07, 6.45) is 1.75. The Hall–Kier alpha value is -1.93. The highest BCUT2D eigenvalue weighted by atomic mass is 32.2. The van der Waals surface area contributed by atoms with Gasteiger partial charge in [0.1, 0.15) is 0 Å². The van der Waals surface area contributed by atoms with E-state index < -0.39 is 21.9 Å². The Kier molecular flexibility index (Phi) is 7.57. The molecule has 1 aromatic rings. The molecule has 0 saturated carbocycles. The van der Waals surface area contributed by atoms with Gasteiger partial charge in [-0.25, -0.2) is 12.7 Å². The lowest BCUT2D eigenvalue weighted by Gasteiger charge is -2.22. The summed E-state index contributed by atoms with van der Waals surface area (Å²) in [7, 11) is -1.02. The summed E-state index contributed by atoms with van der Waals surface area (Å²) in [5.41, 5.74) is 0.0935. The van der Waals surface area contributed by atoms with Crippen molar-refractivity contribution >= 4 is 21.9 Å². The van der Waals surface area contributed by atoms with Gasteiger partial charge in [-0.15, -0.1) is 0 Å². The molecule has 1 unspecified atom stereocenters. The van der Waals surface area contributed by atoms with E-state index in [9.17, 15) is 18.0 Å². The standard InChI is InChI=1S/C17H26N2O5S/c1-5-6-11-18(3)16(20)14-9-7-8-10-15(14)25(23,24)19(4)12-13(2)17(21)22/h7-10,13H,5-6,11-12H2,1-4H3,(H,21,22). The van der Waals surface area contributed by atoms with Gasteiger partial charge in [0.15, 0.2) is 0 Å². The molecule has 0 saturated heterocycles. The lowest BCUT2D eigenvalue weighted by molar-refractivity contribution is -0.141. The average Bonchev–Trinajstić information content (AvgIpc) is 2.58. The van der Waals surface area contributed by atoms with Crippen molar-refractivity contribution in [2.75, 3.05) is 27.2 Å². The van der Waals surface area contributed by atoms with Crippen molar-refractivity contribution in [1.29, 1.82) is 0 Å². The molecule has 1 amide bonds. The van der Waals surface area contributed by atoms with Crippen LogP contribution in [0.25, 0.3) is 0 Å². The Morgan fingerprint density at radius 2 is 1.80 bits per heavy atom. The minimum absolute atomic E-state index is 0.0935. The first-order valence-corrected chi connectivity index (χ1v) is 9.60. The van der Waals surface area contributed by atoms with E-state index in [4.69, 9.17) is 5.11 Å². The first-order chi connectivity index (χ1) is 11.6. The first-order valence-electron chi connectivity index (χ1n) is 8.16. The highest BCUT2D eigenvalue weighted by Crippen LogP contribution is 2.21. The van der Waals surface area contributed by atoms with Crippen molar-refractivity contribution in [1.82, 2.24) is 9.21 Å². The molecular formula is C17H26N2O5S. The van der Waals surface area contributed by atoms with E-state index in [0.717, 1.165) is 17.1 Å². The second-order valence-corrected chi connectivity index (χ2v) is 8.11. The molecule has 1 rings (SSSR count). The van der Waals surface area contributed by atoms with Gasteiger partial charge >= 0.3 is 5.97 Å². The molecule has 0 aliphatic heterocycles. The molecule has 1 aromatic carbocycles. The zero-order chi connectivity index (χ0) is 19.2. The number of amides is 1. The van der Waals surface area contributed by atoms with E-state index in [0.29, 0.717) is 6.54 Å². The minimum atomic E-state index is -3.97. The third-order valence-corrected chi connectivity index (χ3v) is 5.83. The number of sulfonamides is 1. The molecule has 0 aliphatic rings. The average molecular weight is 370 g/mol. The van der Waals surface area contributed by atoms with Gasteiger partial charge in [-0.1, -0.05) is 32.4 Å². The smallest absolute Gasteiger partial charge is 0.307 e. The highest BCUT2D eigenvalue weighted by Gasteiger charge is 2.29. The molecule has 0 radical (unpaired) electrons. The van der Waals surface area contributed by atoms with Crippen LogP contribution in [0.3, 0.4) is 0 Å². The van der Waals surface area contributed by atoms with Crippen LogP contribution in [0.4, 0.5) is 0 Å². The third kappa shape index (κ3) is 5.27. The second kappa shape index (κ2) is 8.96. The van der Waals surface area contributed by atoms with Crippen LogP contribution >= 0.6 is 0 Å². The summed E-state index contributed by atoms with van der Waals surface area (Å²) >= 11 is 0. The number of hydrogen-bond donors (Lipinski definition) is 1.